The number of carbonyl (C=O) groups excluding carboxylic acids is 1. The molecule has 0 spiro atoms. The van der Waals surface area contributed by atoms with Gasteiger partial charge in [-0.15, -0.1) is 0 Å². The summed E-state index contributed by atoms with van der Waals surface area (Å²) in [6.07, 6.45) is -1.03. The SMILES string of the molecule is CCOC(=O)C(Cc1ncn(C)n1)=C(F)F. The second-order valence-corrected chi connectivity index (χ2v) is 2.97. The Kier molecular flexibility index (Phi) is 4.10. The Labute approximate surface area is 90.7 Å². The van der Waals surface area contributed by atoms with Crippen LogP contribution in [0.3, 0.4) is 0 Å². The van der Waals surface area contributed by atoms with Crippen LogP contribution in [-0.2, 0) is 23.0 Å². The van der Waals surface area contributed by atoms with Gasteiger partial charge < -0.3 is 4.74 Å². The third-order valence-electron chi connectivity index (χ3n) is 1.73. The minimum absolute atomic E-state index is 0.0469. The van der Waals surface area contributed by atoms with E-state index in [4.69, 9.17) is 0 Å². The zero-order valence-electron chi connectivity index (χ0n) is 8.91. The van der Waals surface area contributed by atoms with Crippen LogP contribution < -0.4 is 0 Å². The second-order valence-electron chi connectivity index (χ2n) is 2.97. The molecule has 5 nitrogen and oxygen atoms in total. The van der Waals surface area contributed by atoms with Gasteiger partial charge in [0.1, 0.15) is 11.9 Å². The Morgan fingerprint density at radius 2 is 2.25 bits per heavy atom. The summed E-state index contributed by atoms with van der Waals surface area (Å²) < 4.78 is 30.8. The number of nitrogens with zero attached hydrogens (tertiary/aromatic N) is 3. The van der Waals surface area contributed by atoms with Crippen LogP contribution in [0.25, 0.3) is 0 Å². The first-order valence-electron chi connectivity index (χ1n) is 4.60. The summed E-state index contributed by atoms with van der Waals surface area (Å²) in [4.78, 5) is 14.9. The summed E-state index contributed by atoms with van der Waals surface area (Å²) in [6, 6.07) is 0. The predicted octanol–water partition coefficient (Wildman–Crippen LogP) is 1.07. The van der Waals surface area contributed by atoms with Crippen LogP contribution in [0.5, 0.6) is 0 Å². The van der Waals surface area contributed by atoms with Gasteiger partial charge in [0.15, 0.2) is 5.82 Å². The number of carbonyl (C=O) groups is 1. The first kappa shape index (κ1) is 12.3. The van der Waals surface area contributed by atoms with E-state index in [9.17, 15) is 13.6 Å². The Bertz CT molecular complexity index is 411. The van der Waals surface area contributed by atoms with E-state index in [1.165, 1.54) is 11.0 Å². The van der Waals surface area contributed by atoms with Gasteiger partial charge in [0.2, 0.25) is 0 Å². The molecule has 0 saturated carbocycles. The molecule has 0 aliphatic heterocycles. The van der Waals surface area contributed by atoms with Crippen molar-refractivity contribution in [3.8, 4) is 0 Å². The first-order valence-corrected chi connectivity index (χ1v) is 4.60. The molecule has 0 aromatic carbocycles. The Balaban J connectivity index is 2.82. The molecule has 7 heteroatoms. The Hall–Kier alpha value is -1.79. The molecule has 1 heterocycles. The van der Waals surface area contributed by atoms with Crippen molar-refractivity contribution in [1.82, 2.24) is 14.8 Å². The number of hydrogen-bond acceptors (Lipinski definition) is 4. The molecular formula is C9H11F2N3O2. The molecule has 0 bridgehead atoms. The topological polar surface area (TPSA) is 57.0 Å². The second kappa shape index (κ2) is 5.34. The van der Waals surface area contributed by atoms with Gasteiger partial charge in [-0.05, 0) is 6.92 Å². The van der Waals surface area contributed by atoms with Crippen LogP contribution in [0.1, 0.15) is 12.7 Å². The molecule has 1 rings (SSSR count). The van der Waals surface area contributed by atoms with E-state index >= 15 is 0 Å². The van der Waals surface area contributed by atoms with Crippen LogP contribution in [0.4, 0.5) is 8.78 Å². The average molecular weight is 231 g/mol. The maximum atomic E-state index is 12.5. The number of hydrogen-bond donors (Lipinski definition) is 0. The molecular weight excluding hydrogens is 220 g/mol. The fourth-order valence-electron chi connectivity index (χ4n) is 1.06. The zero-order chi connectivity index (χ0) is 12.1. The highest BCUT2D eigenvalue weighted by Gasteiger charge is 2.19. The fraction of sp³-hybridized carbons (Fsp3) is 0.444. The number of aromatic nitrogens is 3. The molecule has 0 fully saturated rings. The third-order valence-corrected chi connectivity index (χ3v) is 1.73. The lowest BCUT2D eigenvalue weighted by molar-refractivity contribution is -0.138. The van der Waals surface area contributed by atoms with E-state index in [-0.39, 0.29) is 18.9 Å². The molecule has 0 unspecified atom stereocenters. The van der Waals surface area contributed by atoms with Crippen LogP contribution in [0, 0.1) is 0 Å². The van der Waals surface area contributed by atoms with E-state index in [2.05, 4.69) is 14.8 Å². The summed E-state index contributed by atoms with van der Waals surface area (Å²) in [7, 11) is 1.61. The van der Waals surface area contributed by atoms with Gasteiger partial charge in [-0.3, -0.25) is 4.68 Å². The molecule has 0 amide bonds. The molecule has 0 N–H and O–H groups in total. The molecule has 1 aromatic heterocycles. The Morgan fingerprint density at radius 1 is 1.56 bits per heavy atom. The molecule has 0 radical (unpaired) electrons. The van der Waals surface area contributed by atoms with Crippen molar-refractivity contribution in [2.75, 3.05) is 6.61 Å². The van der Waals surface area contributed by atoms with Crippen LogP contribution in [-0.4, -0.2) is 27.3 Å². The predicted molar refractivity (Wildman–Crippen MR) is 50.6 cm³/mol. The van der Waals surface area contributed by atoms with Gasteiger partial charge in [0.25, 0.3) is 6.08 Å². The molecule has 0 aliphatic rings. The summed E-state index contributed by atoms with van der Waals surface area (Å²) in [5.41, 5.74) is -0.701. The van der Waals surface area contributed by atoms with Crippen molar-refractivity contribution >= 4 is 5.97 Å². The monoisotopic (exact) mass is 231 g/mol. The normalized spacial score (nSPS) is 10.0. The lowest BCUT2D eigenvalue weighted by Gasteiger charge is -2.03. The van der Waals surface area contributed by atoms with Gasteiger partial charge >= 0.3 is 5.97 Å². The van der Waals surface area contributed by atoms with Crippen molar-refractivity contribution in [3.05, 3.63) is 23.8 Å². The van der Waals surface area contributed by atoms with Crippen molar-refractivity contribution in [1.29, 1.82) is 0 Å². The molecule has 16 heavy (non-hydrogen) atoms. The fourth-order valence-corrected chi connectivity index (χ4v) is 1.06. The number of aryl methyl sites for hydroxylation is 1. The maximum Gasteiger partial charge on any atom is 0.339 e. The molecule has 0 aliphatic carbocycles. The largest absolute Gasteiger partial charge is 0.462 e. The van der Waals surface area contributed by atoms with Crippen LogP contribution >= 0.6 is 0 Å². The summed E-state index contributed by atoms with van der Waals surface area (Å²) in [5, 5.41) is 3.81. The highest BCUT2D eigenvalue weighted by atomic mass is 19.3. The summed E-state index contributed by atoms with van der Waals surface area (Å²) in [6.45, 7) is 1.59. The van der Waals surface area contributed by atoms with E-state index in [0.717, 1.165) is 0 Å². The standard InChI is InChI=1S/C9H11F2N3O2/c1-3-16-9(15)6(8(10)11)4-7-12-5-14(2)13-7/h5H,3-4H2,1-2H3. The minimum Gasteiger partial charge on any atom is -0.462 e. The van der Waals surface area contributed by atoms with Gasteiger partial charge in [0.05, 0.1) is 6.61 Å². The van der Waals surface area contributed by atoms with Crippen molar-refractivity contribution < 1.29 is 18.3 Å². The smallest absolute Gasteiger partial charge is 0.339 e. The molecule has 1 aromatic rings. The molecule has 0 atom stereocenters. The number of ether oxygens (including phenoxy) is 1. The third kappa shape index (κ3) is 3.11. The van der Waals surface area contributed by atoms with E-state index in [0.29, 0.717) is 0 Å². The van der Waals surface area contributed by atoms with Crippen LogP contribution in [0.15, 0.2) is 18.0 Å². The van der Waals surface area contributed by atoms with Gasteiger partial charge in [-0.1, -0.05) is 0 Å². The van der Waals surface area contributed by atoms with Crippen LogP contribution in [0.2, 0.25) is 0 Å². The lowest BCUT2D eigenvalue weighted by Crippen LogP contribution is -2.11. The van der Waals surface area contributed by atoms with Crippen molar-refractivity contribution in [2.24, 2.45) is 7.05 Å². The van der Waals surface area contributed by atoms with Gasteiger partial charge in [0, 0.05) is 13.5 Å². The zero-order valence-corrected chi connectivity index (χ0v) is 8.91. The maximum absolute atomic E-state index is 12.5. The number of esters is 1. The van der Waals surface area contributed by atoms with Gasteiger partial charge in [-0.2, -0.15) is 13.9 Å². The average Bonchev–Trinajstić information content (AvgIpc) is 2.60. The van der Waals surface area contributed by atoms with E-state index in [1.54, 1.807) is 14.0 Å². The first-order chi connectivity index (χ1) is 7.54. The molecule has 0 saturated heterocycles. The minimum atomic E-state index is -2.06. The summed E-state index contributed by atoms with van der Waals surface area (Å²) >= 11 is 0. The van der Waals surface area contributed by atoms with Crippen molar-refractivity contribution in [2.45, 2.75) is 13.3 Å². The highest BCUT2D eigenvalue weighted by molar-refractivity contribution is 5.88. The quantitative estimate of drug-likeness (QED) is 0.574. The lowest BCUT2D eigenvalue weighted by atomic mass is 10.2. The van der Waals surface area contributed by atoms with Gasteiger partial charge in [-0.25, -0.2) is 9.78 Å². The molecule has 88 valence electrons. The van der Waals surface area contributed by atoms with E-state index < -0.39 is 17.6 Å². The Morgan fingerprint density at radius 3 is 2.69 bits per heavy atom. The summed E-state index contributed by atoms with van der Waals surface area (Å²) in [5.74, 6) is -0.881. The van der Waals surface area contributed by atoms with E-state index in [1.807, 2.05) is 0 Å². The number of rotatable bonds is 4. The van der Waals surface area contributed by atoms with Crippen molar-refractivity contribution in [3.63, 3.8) is 0 Å². The number of halogens is 2. The highest BCUT2D eigenvalue weighted by Crippen LogP contribution is 2.14.